The molecule has 0 aliphatic carbocycles. The van der Waals surface area contributed by atoms with Crippen molar-refractivity contribution in [1.82, 2.24) is 0 Å². The van der Waals surface area contributed by atoms with E-state index in [9.17, 15) is 4.39 Å². The van der Waals surface area contributed by atoms with Gasteiger partial charge in [-0.25, -0.2) is 4.39 Å². The van der Waals surface area contributed by atoms with E-state index in [-0.39, 0.29) is 16.9 Å². The highest BCUT2D eigenvalue weighted by atomic mass is 19.1. The standard InChI is InChI=1S/C16H16FNO/c1-16(2)9-19-14-7-6-10(8-12(14)16)11-4-3-5-13(17)15(11)18/h3-8H,9,18H2,1-2H3. The monoisotopic (exact) mass is 257 g/mol. The Bertz CT molecular complexity index is 649. The summed E-state index contributed by atoms with van der Waals surface area (Å²) in [6, 6.07) is 10.8. The Hall–Kier alpha value is -2.03. The van der Waals surface area contributed by atoms with Crippen molar-refractivity contribution < 1.29 is 9.13 Å². The zero-order chi connectivity index (χ0) is 13.6. The molecular formula is C16H16FNO. The van der Waals surface area contributed by atoms with Crippen LogP contribution in [-0.2, 0) is 5.41 Å². The van der Waals surface area contributed by atoms with Gasteiger partial charge in [-0.15, -0.1) is 0 Å². The van der Waals surface area contributed by atoms with Gasteiger partial charge in [0, 0.05) is 16.5 Å². The van der Waals surface area contributed by atoms with E-state index >= 15 is 0 Å². The molecule has 0 atom stereocenters. The minimum absolute atomic E-state index is 0.0204. The summed E-state index contributed by atoms with van der Waals surface area (Å²) in [6.07, 6.45) is 0. The predicted octanol–water partition coefficient (Wildman–Crippen LogP) is 3.74. The van der Waals surface area contributed by atoms with Crippen LogP contribution in [0, 0.1) is 5.82 Å². The first-order chi connectivity index (χ1) is 8.99. The molecule has 3 rings (SSSR count). The fourth-order valence-electron chi connectivity index (χ4n) is 2.48. The number of ether oxygens (including phenoxy) is 1. The van der Waals surface area contributed by atoms with Crippen LogP contribution >= 0.6 is 0 Å². The molecule has 0 fully saturated rings. The summed E-state index contributed by atoms with van der Waals surface area (Å²) in [5.74, 6) is 0.525. The minimum atomic E-state index is -0.381. The van der Waals surface area contributed by atoms with Crippen molar-refractivity contribution in [3.05, 3.63) is 47.8 Å². The number of anilines is 1. The molecule has 2 N–H and O–H groups in total. The first-order valence-electron chi connectivity index (χ1n) is 6.31. The molecule has 0 radical (unpaired) electrons. The third kappa shape index (κ3) is 1.86. The first kappa shape index (κ1) is 12.0. The topological polar surface area (TPSA) is 35.2 Å². The largest absolute Gasteiger partial charge is 0.492 e. The number of para-hydroxylation sites is 1. The summed E-state index contributed by atoms with van der Waals surface area (Å²) in [5, 5.41) is 0. The van der Waals surface area contributed by atoms with Gasteiger partial charge in [0.05, 0.1) is 12.3 Å². The molecule has 0 unspecified atom stereocenters. The highest BCUT2D eigenvalue weighted by Gasteiger charge is 2.31. The van der Waals surface area contributed by atoms with Crippen LogP contribution in [0.4, 0.5) is 10.1 Å². The van der Waals surface area contributed by atoms with Gasteiger partial charge in [0.25, 0.3) is 0 Å². The zero-order valence-corrected chi connectivity index (χ0v) is 11.0. The van der Waals surface area contributed by atoms with Crippen molar-refractivity contribution in [3.8, 4) is 16.9 Å². The van der Waals surface area contributed by atoms with Gasteiger partial charge in [-0.2, -0.15) is 0 Å². The molecular weight excluding hydrogens is 241 g/mol. The molecule has 2 aromatic rings. The normalized spacial score (nSPS) is 15.9. The van der Waals surface area contributed by atoms with E-state index in [0.717, 1.165) is 22.4 Å². The van der Waals surface area contributed by atoms with Crippen LogP contribution in [-0.4, -0.2) is 6.61 Å². The van der Waals surface area contributed by atoms with E-state index in [0.29, 0.717) is 6.61 Å². The Morgan fingerprint density at radius 1 is 1.21 bits per heavy atom. The molecule has 3 heteroatoms. The van der Waals surface area contributed by atoms with Gasteiger partial charge in [0.15, 0.2) is 0 Å². The maximum Gasteiger partial charge on any atom is 0.146 e. The van der Waals surface area contributed by atoms with Crippen LogP contribution in [0.2, 0.25) is 0 Å². The highest BCUT2D eigenvalue weighted by Crippen LogP contribution is 2.41. The second-order valence-electron chi connectivity index (χ2n) is 5.58. The lowest BCUT2D eigenvalue weighted by Crippen LogP contribution is -2.18. The number of nitrogen functional groups attached to an aromatic ring is 1. The average Bonchev–Trinajstić information content (AvgIpc) is 2.69. The molecule has 0 saturated heterocycles. The SMILES string of the molecule is CC1(C)COc2ccc(-c3cccc(F)c3N)cc21. The molecule has 0 amide bonds. The second-order valence-corrected chi connectivity index (χ2v) is 5.58. The Morgan fingerprint density at radius 3 is 2.79 bits per heavy atom. The van der Waals surface area contributed by atoms with Gasteiger partial charge in [0.1, 0.15) is 11.6 Å². The third-order valence-electron chi connectivity index (χ3n) is 3.66. The minimum Gasteiger partial charge on any atom is -0.492 e. The number of nitrogens with two attached hydrogens (primary N) is 1. The van der Waals surface area contributed by atoms with E-state index in [1.165, 1.54) is 6.07 Å². The lowest BCUT2D eigenvalue weighted by atomic mass is 9.85. The average molecular weight is 257 g/mol. The Balaban J connectivity index is 2.16. The molecule has 0 saturated carbocycles. The Morgan fingerprint density at radius 2 is 2.00 bits per heavy atom. The maximum absolute atomic E-state index is 13.5. The van der Waals surface area contributed by atoms with Crippen LogP contribution in [0.5, 0.6) is 5.75 Å². The van der Waals surface area contributed by atoms with Crippen molar-refractivity contribution in [3.63, 3.8) is 0 Å². The van der Waals surface area contributed by atoms with Crippen LogP contribution < -0.4 is 10.5 Å². The van der Waals surface area contributed by atoms with Gasteiger partial charge >= 0.3 is 0 Å². The van der Waals surface area contributed by atoms with Crippen molar-refractivity contribution in [2.24, 2.45) is 0 Å². The first-order valence-corrected chi connectivity index (χ1v) is 6.31. The summed E-state index contributed by atoms with van der Waals surface area (Å²) in [5.41, 5.74) is 8.79. The lowest BCUT2D eigenvalue weighted by Gasteiger charge is -2.16. The van der Waals surface area contributed by atoms with Gasteiger partial charge in [0.2, 0.25) is 0 Å². The van der Waals surface area contributed by atoms with E-state index in [2.05, 4.69) is 13.8 Å². The zero-order valence-electron chi connectivity index (χ0n) is 11.0. The molecule has 0 bridgehead atoms. The number of halogens is 1. The van der Waals surface area contributed by atoms with Crippen LogP contribution in [0.25, 0.3) is 11.1 Å². The summed E-state index contributed by atoms with van der Waals surface area (Å²) in [4.78, 5) is 0. The smallest absolute Gasteiger partial charge is 0.146 e. The summed E-state index contributed by atoms with van der Waals surface area (Å²) >= 11 is 0. The van der Waals surface area contributed by atoms with Crippen LogP contribution in [0.15, 0.2) is 36.4 Å². The van der Waals surface area contributed by atoms with Crippen LogP contribution in [0.1, 0.15) is 19.4 Å². The Labute approximate surface area is 112 Å². The van der Waals surface area contributed by atoms with Gasteiger partial charge in [-0.3, -0.25) is 0 Å². The van der Waals surface area contributed by atoms with Crippen molar-refractivity contribution in [1.29, 1.82) is 0 Å². The lowest BCUT2D eigenvalue weighted by molar-refractivity contribution is 0.291. The summed E-state index contributed by atoms with van der Waals surface area (Å²) in [6.45, 7) is 4.94. The number of fused-ring (bicyclic) bond motifs is 1. The van der Waals surface area contributed by atoms with Gasteiger partial charge in [-0.1, -0.05) is 32.0 Å². The predicted molar refractivity (Wildman–Crippen MR) is 74.8 cm³/mol. The number of hydrogen-bond donors (Lipinski definition) is 1. The van der Waals surface area contributed by atoms with E-state index in [1.807, 2.05) is 24.3 Å². The molecule has 2 nitrogen and oxygen atoms in total. The van der Waals surface area contributed by atoms with E-state index < -0.39 is 0 Å². The molecule has 0 aromatic heterocycles. The van der Waals surface area contributed by atoms with Gasteiger partial charge in [-0.05, 0) is 23.8 Å². The third-order valence-corrected chi connectivity index (χ3v) is 3.66. The van der Waals surface area contributed by atoms with Gasteiger partial charge < -0.3 is 10.5 Å². The van der Waals surface area contributed by atoms with E-state index in [4.69, 9.17) is 10.5 Å². The summed E-state index contributed by atoms with van der Waals surface area (Å²) < 4.78 is 19.2. The number of rotatable bonds is 1. The van der Waals surface area contributed by atoms with Crippen molar-refractivity contribution in [2.75, 3.05) is 12.3 Å². The molecule has 1 aliphatic rings. The quantitative estimate of drug-likeness (QED) is 0.790. The second kappa shape index (κ2) is 3.98. The fraction of sp³-hybridized carbons (Fsp3) is 0.250. The number of hydrogen-bond acceptors (Lipinski definition) is 2. The Kier molecular flexibility index (Phi) is 2.52. The molecule has 19 heavy (non-hydrogen) atoms. The molecule has 1 heterocycles. The fourth-order valence-corrected chi connectivity index (χ4v) is 2.48. The highest BCUT2D eigenvalue weighted by molar-refractivity contribution is 5.78. The van der Waals surface area contributed by atoms with Crippen LogP contribution in [0.3, 0.4) is 0 Å². The maximum atomic E-state index is 13.5. The summed E-state index contributed by atoms with van der Waals surface area (Å²) in [7, 11) is 0. The molecule has 2 aromatic carbocycles. The molecule has 0 spiro atoms. The molecule has 1 aliphatic heterocycles. The van der Waals surface area contributed by atoms with E-state index in [1.54, 1.807) is 6.07 Å². The van der Waals surface area contributed by atoms with Crippen molar-refractivity contribution in [2.45, 2.75) is 19.3 Å². The number of benzene rings is 2. The van der Waals surface area contributed by atoms with Crippen molar-refractivity contribution >= 4 is 5.69 Å². The molecule has 98 valence electrons.